The first kappa shape index (κ1) is 16.1. The number of hydroxylamine groups is 2. The predicted octanol–water partition coefficient (Wildman–Crippen LogP) is 2.76. The van der Waals surface area contributed by atoms with Gasteiger partial charge in [-0.25, -0.2) is 9.78 Å². The van der Waals surface area contributed by atoms with Gasteiger partial charge in [0.1, 0.15) is 5.03 Å². The van der Waals surface area contributed by atoms with Gasteiger partial charge >= 0.3 is 5.97 Å². The standard InChI is InChI=1S/C15H8F2N2O4S/c16-15(17)24-11-10(6-3-7-18-11)14(22)23-19-12(20)8-4-1-2-5-9(8)13(19)21/h1-7,15H. The summed E-state index contributed by atoms with van der Waals surface area (Å²) in [5, 5.41) is 0.0608. The SMILES string of the molecule is O=C(ON1C(=O)c2ccccc2C1=O)c1cccnc1SC(F)F. The number of halogens is 2. The van der Waals surface area contributed by atoms with Gasteiger partial charge in [0.25, 0.3) is 17.6 Å². The van der Waals surface area contributed by atoms with Crippen molar-refractivity contribution in [2.24, 2.45) is 0 Å². The number of thioether (sulfide) groups is 1. The van der Waals surface area contributed by atoms with Crippen LogP contribution in [0.25, 0.3) is 0 Å². The van der Waals surface area contributed by atoms with E-state index in [1.165, 1.54) is 30.5 Å². The van der Waals surface area contributed by atoms with Crippen LogP contribution in [0.5, 0.6) is 0 Å². The Morgan fingerprint density at radius 2 is 1.71 bits per heavy atom. The van der Waals surface area contributed by atoms with Crippen molar-refractivity contribution in [2.45, 2.75) is 10.8 Å². The van der Waals surface area contributed by atoms with Crippen molar-refractivity contribution in [1.29, 1.82) is 0 Å². The maximum atomic E-state index is 12.5. The molecule has 2 heterocycles. The quantitative estimate of drug-likeness (QED) is 0.623. The number of rotatable bonds is 4. The van der Waals surface area contributed by atoms with Crippen LogP contribution in [0.15, 0.2) is 47.6 Å². The molecule has 1 aliphatic rings. The molecule has 1 aromatic heterocycles. The number of amides is 2. The molecule has 0 fully saturated rings. The lowest BCUT2D eigenvalue weighted by Gasteiger charge is -2.13. The van der Waals surface area contributed by atoms with Gasteiger partial charge in [-0.2, -0.15) is 8.78 Å². The monoisotopic (exact) mass is 350 g/mol. The highest BCUT2D eigenvalue weighted by atomic mass is 32.2. The van der Waals surface area contributed by atoms with Gasteiger partial charge in [0.15, 0.2) is 0 Å². The fourth-order valence-electron chi connectivity index (χ4n) is 2.11. The van der Waals surface area contributed by atoms with Crippen molar-refractivity contribution in [1.82, 2.24) is 10.0 Å². The molecule has 0 saturated carbocycles. The first-order valence-corrected chi connectivity index (χ1v) is 7.47. The first-order valence-electron chi connectivity index (χ1n) is 6.59. The molecular weight excluding hydrogens is 342 g/mol. The molecule has 0 atom stereocenters. The molecule has 1 aromatic carbocycles. The van der Waals surface area contributed by atoms with Crippen LogP contribution in [0.4, 0.5) is 8.78 Å². The van der Waals surface area contributed by atoms with E-state index in [-0.39, 0.29) is 33.5 Å². The van der Waals surface area contributed by atoms with Gasteiger partial charge in [0.05, 0.1) is 16.7 Å². The number of alkyl halides is 2. The molecule has 0 N–H and O–H groups in total. The fourth-order valence-corrected chi connectivity index (χ4v) is 2.68. The third kappa shape index (κ3) is 2.85. The van der Waals surface area contributed by atoms with Crippen LogP contribution in [-0.4, -0.2) is 33.6 Å². The summed E-state index contributed by atoms with van der Waals surface area (Å²) in [5.74, 6) is -5.50. The van der Waals surface area contributed by atoms with Crippen molar-refractivity contribution in [3.05, 3.63) is 59.3 Å². The highest BCUT2D eigenvalue weighted by Crippen LogP contribution is 2.28. The molecule has 0 saturated heterocycles. The summed E-state index contributed by atoms with van der Waals surface area (Å²) in [7, 11) is 0. The number of carbonyl (C=O) groups excluding carboxylic acids is 3. The van der Waals surface area contributed by atoms with Gasteiger partial charge < -0.3 is 4.84 Å². The third-order valence-electron chi connectivity index (χ3n) is 3.12. The molecule has 24 heavy (non-hydrogen) atoms. The molecule has 2 aromatic rings. The van der Waals surface area contributed by atoms with Crippen molar-refractivity contribution < 1.29 is 28.0 Å². The highest BCUT2D eigenvalue weighted by molar-refractivity contribution is 7.99. The van der Waals surface area contributed by atoms with Crippen LogP contribution in [0.1, 0.15) is 31.1 Å². The largest absolute Gasteiger partial charge is 0.366 e. The molecule has 6 nitrogen and oxygen atoms in total. The predicted molar refractivity (Wildman–Crippen MR) is 78.5 cm³/mol. The number of pyridine rings is 1. The van der Waals surface area contributed by atoms with E-state index in [2.05, 4.69) is 4.98 Å². The lowest BCUT2D eigenvalue weighted by Crippen LogP contribution is -2.32. The molecule has 0 bridgehead atoms. The van der Waals surface area contributed by atoms with E-state index in [1.807, 2.05) is 0 Å². The minimum absolute atomic E-state index is 0.0666. The number of hydrogen-bond acceptors (Lipinski definition) is 6. The number of benzene rings is 1. The van der Waals surface area contributed by atoms with Crippen LogP contribution in [0, 0.1) is 0 Å². The molecule has 2 amide bonds. The Bertz CT molecular complexity index is 809. The molecule has 1 aliphatic heterocycles. The van der Waals surface area contributed by atoms with Gasteiger partial charge in [0, 0.05) is 6.20 Å². The zero-order valence-corrected chi connectivity index (χ0v) is 12.6. The smallest absolute Gasteiger partial charge is 0.324 e. The molecule has 9 heteroatoms. The Balaban J connectivity index is 1.84. The van der Waals surface area contributed by atoms with Crippen LogP contribution in [0.3, 0.4) is 0 Å². The average Bonchev–Trinajstić information content (AvgIpc) is 2.80. The summed E-state index contributed by atoms with van der Waals surface area (Å²) in [5.41, 5.74) is -0.0633. The number of imide groups is 1. The Morgan fingerprint density at radius 1 is 1.08 bits per heavy atom. The van der Waals surface area contributed by atoms with Gasteiger partial charge in [0.2, 0.25) is 0 Å². The lowest BCUT2D eigenvalue weighted by molar-refractivity contribution is -0.0587. The van der Waals surface area contributed by atoms with Gasteiger partial charge in [-0.3, -0.25) is 9.59 Å². The Morgan fingerprint density at radius 3 is 2.29 bits per heavy atom. The summed E-state index contributed by atoms with van der Waals surface area (Å²) in [6, 6.07) is 8.55. The van der Waals surface area contributed by atoms with E-state index in [1.54, 1.807) is 12.1 Å². The van der Waals surface area contributed by atoms with Gasteiger partial charge in [-0.1, -0.05) is 17.2 Å². The van der Waals surface area contributed by atoms with Crippen molar-refractivity contribution >= 4 is 29.5 Å². The lowest BCUT2D eigenvalue weighted by atomic mass is 10.1. The minimum Gasteiger partial charge on any atom is -0.324 e. The molecule has 122 valence electrons. The van der Waals surface area contributed by atoms with Crippen molar-refractivity contribution in [2.75, 3.05) is 0 Å². The number of fused-ring (bicyclic) bond motifs is 1. The zero-order chi connectivity index (χ0) is 17.3. The second-order valence-corrected chi connectivity index (χ2v) is 5.54. The summed E-state index contributed by atoms with van der Waals surface area (Å²) in [4.78, 5) is 44.9. The van der Waals surface area contributed by atoms with Crippen LogP contribution >= 0.6 is 11.8 Å². The van der Waals surface area contributed by atoms with E-state index in [4.69, 9.17) is 4.84 Å². The molecular formula is C15H8F2N2O4S. The average molecular weight is 350 g/mol. The first-order chi connectivity index (χ1) is 11.5. The molecule has 0 unspecified atom stereocenters. The van der Waals surface area contributed by atoms with Crippen molar-refractivity contribution in [3.63, 3.8) is 0 Å². The molecule has 3 rings (SSSR count). The highest BCUT2D eigenvalue weighted by Gasteiger charge is 2.39. The fraction of sp³-hybridized carbons (Fsp3) is 0.0667. The van der Waals surface area contributed by atoms with Crippen LogP contribution < -0.4 is 0 Å². The number of nitrogens with zero attached hydrogens (tertiary/aromatic N) is 2. The molecule has 0 aliphatic carbocycles. The molecule has 0 spiro atoms. The van der Waals surface area contributed by atoms with E-state index in [9.17, 15) is 23.2 Å². The van der Waals surface area contributed by atoms with Gasteiger partial charge in [-0.05, 0) is 36.0 Å². The number of aromatic nitrogens is 1. The number of hydrogen-bond donors (Lipinski definition) is 0. The maximum absolute atomic E-state index is 12.5. The normalized spacial score (nSPS) is 13.4. The van der Waals surface area contributed by atoms with Crippen molar-refractivity contribution in [3.8, 4) is 0 Å². The third-order valence-corrected chi connectivity index (χ3v) is 3.85. The topological polar surface area (TPSA) is 76.6 Å². The van der Waals surface area contributed by atoms with Gasteiger partial charge in [-0.15, -0.1) is 0 Å². The second kappa shape index (κ2) is 6.36. The Kier molecular flexibility index (Phi) is 4.26. The maximum Gasteiger partial charge on any atom is 0.366 e. The number of carbonyl (C=O) groups is 3. The molecule has 0 radical (unpaired) electrons. The van der Waals surface area contributed by atoms with E-state index in [0.717, 1.165) is 0 Å². The summed E-state index contributed by atoms with van der Waals surface area (Å²) in [6.07, 6.45) is 1.24. The Hall–Kier alpha value is -2.81. The van der Waals surface area contributed by atoms with Crippen LogP contribution in [0.2, 0.25) is 0 Å². The van der Waals surface area contributed by atoms with E-state index >= 15 is 0 Å². The van der Waals surface area contributed by atoms with E-state index in [0.29, 0.717) is 5.06 Å². The Labute approximate surface area is 138 Å². The second-order valence-electron chi connectivity index (χ2n) is 4.56. The van der Waals surface area contributed by atoms with E-state index < -0.39 is 23.5 Å². The summed E-state index contributed by atoms with van der Waals surface area (Å²) >= 11 is 0.0666. The summed E-state index contributed by atoms with van der Waals surface area (Å²) in [6.45, 7) is 0. The summed E-state index contributed by atoms with van der Waals surface area (Å²) < 4.78 is 25.0. The van der Waals surface area contributed by atoms with Crippen LogP contribution in [-0.2, 0) is 4.84 Å². The zero-order valence-electron chi connectivity index (χ0n) is 11.8. The minimum atomic E-state index is -2.79.